The van der Waals surface area contributed by atoms with E-state index in [2.05, 4.69) is 15.0 Å². The van der Waals surface area contributed by atoms with Crippen LogP contribution >= 0.6 is 0 Å². The van der Waals surface area contributed by atoms with Gasteiger partial charge in [-0.15, -0.1) is 0 Å². The molecule has 3 aliphatic heterocycles. The molecule has 3 saturated heterocycles. The third-order valence-electron chi connectivity index (χ3n) is 5.54. The molecule has 3 heterocycles. The zero-order chi connectivity index (χ0) is 18.8. The lowest BCUT2D eigenvalue weighted by Gasteiger charge is -2.43. The predicted octanol–water partition coefficient (Wildman–Crippen LogP) is 3.69. The number of piperidine rings is 3. The Morgan fingerprint density at radius 2 is 1.56 bits per heavy atom. The summed E-state index contributed by atoms with van der Waals surface area (Å²) in [4.78, 5) is 25.6. The number of carboxylic acid groups (broad SMARTS) is 1. The summed E-state index contributed by atoms with van der Waals surface area (Å²) in [6, 6.07) is 14.5. The van der Waals surface area contributed by atoms with Gasteiger partial charge in [0, 0.05) is 12.2 Å². The molecule has 0 aromatic heterocycles. The average molecular weight is 366 g/mol. The normalized spacial score (nSPS) is 23.6. The Labute approximate surface area is 157 Å². The summed E-state index contributed by atoms with van der Waals surface area (Å²) in [6.07, 6.45) is 0.919. The molecule has 1 atom stereocenters. The van der Waals surface area contributed by atoms with Crippen molar-refractivity contribution in [3.05, 3.63) is 48.5 Å². The van der Waals surface area contributed by atoms with E-state index in [-0.39, 0.29) is 17.6 Å². The first-order chi connectivity index (χ1) is 13.1. The molecular weight excluding hydrogens is 344 g/mol. The Balaban J connectivity index is 1.40. The fraction of sp³-hybridized carbons (Fsp3) is 0.333. The van der Waals surface area contributed by atoms with Crippen molar-refractivity contribution < 1.29 is 19.4 Å². The maximum atomic E-state index is 12.6. The molecule has 0 unspecified atom stereocenters. The Hall–Kier alpha value is -2.86. The van der Waals surface area contributed by atoms with Gasteiger partial charge < -0.3 is 20.1 Å². The molecule has 3 aliphatic rings. The van der Waals surface area contributed by atoms with Crippen LogP contribution in [-0.4, -0.2) is 41.7 Å². The van der Waals surface area contributed by atoms with E-state index in [0.29, 0.717) is 5.92 Å². The number of hydrogen-bond donors (Lipinski definition) is 2. The van der Waals surface area contributed by atoms with Crippen molar-refractivity contribution in [2.45, 2.75) is 12.8 Å². The van der Waals surface area contributed by atoms with Crippen LogP contribution < -0.4 is 10.1 Å². The Morgan fingerprint density at radius 3 is 2.07 bits per heavy atom. The van der Waals surface area contributed by atoms with Gasteiger partial charge in [-0.05, 0) is 67.2 Å². The Morgan fingerprint density at radius 1 is 0.963 bits per heavy atom. The number of fused-ring (bicyclic) bond motifs is 3. The molecule has 27 heavy (non-hydrogen) atoms. The van der Waals surface area contributed by atoms with Crippen molar-refractivity contribution in [2.75, 3.05) is 25.0 Å². The molecule has 140 valence electrons. The van der Waals surface area contributed by atoms with Gasteiger partial charge in [-0.2, -0.15) is 0 Å². The van der Waals surface area contributed by atoms with Gasteiger partial charge in [0.15, 0.2) is 0 Å². The van der Waals surface area contributed by atoms with E-state index in [1.807, 2.05) is 24.3 Å². The third kappa shape index (κ3) is 3.95. The molecule has 6 heteroatoms. The van der Waals surface area contributed by atoms with Crippen LogP contribution in [0.1, 0.15) is 12.8 Å². The quantitative estimate of drug-likeness (QED) is 0.637. The predicted molar refractivity (Wildman–Crippen MR) is 102 cm³/mol. The second kappa shape index (κ2) is 7.40. The third-order valence-corrected chi connectivity index (χ3v) is 5.54. The maximum Gasteiger partial charge on any atom is 0.511 e. The molecular formula is C21H22N2O4. The number of hydrogen-bond acceptors (Lipinski definition) is 4. The second-order valence-electron chi connectivity index (χ2n) is 7.20. The summed E-state index contributed by atoms with van der Waals surface area (Å²) < 4.78 is 4.61. The van der Waals surface area contributed by atoms with E-state index in [1.54, 1.807) is 24.3 Å². The van der Waals surface area contributed by atoms with Crippen molar-refractivity contribution in [3.8, 4) is 16.9 Å². The molecule has 2 N–H and O–H groups in total. The van der Waals surface area contributed by atoms with Crippen LogP contribution in [0.2, 0.25) is 0 Å². The smallest absolute Gasteiger partial charge is 0.449 e. The molecule has 3 fully saturated rings. The highest BCUT2D eigenvalue weighted by Gasteiger charge is 2.38. The highest BCUT2D eigenvalue weighted by molar-refractivity contribution is 5.93. The number of nitrogens with one attached hydrogen (secondary N) is 1. The van der Waals surface area contributed by atoms with Gasteiger partial charge in [-0.25, -0.2) is 4.79 Å². The van der Waals surface area contributed by atoms with Gasteiger partial charge in [0.2, 0.25) is 5.91 Å². The minimum Gasteiger partial charge on any atom is -0.449 e. The van der Waals surface area contributed by atoms with Crippen molar-refractivity contribution >= 4 is 17.7 Å². The first kappa shape index (κ1) is 17.5. The number of carbonyl (C=O) groups is 2. The lowest BCUT2D eigenvalue weighted by Crippen LogP contribution is -2.51. The van der Waals surface area contributed by atoms with E-state index in [9.17, 15) is 9.59 Å². The van der Waals surface area contributed by atoms with Gasteiger partial charge in [0.1, 0.15) is 5.75 Å². The van der Waals surface area contributed by atoms with E-state index in [0.717, 1.165) is 49.3 Å². The molecule has 1 amide bonds. The van der Waals surface area contributed by atoms with Gasteiger partial charge in [0.05, 0.1) is 5.92 Å². The van der Waals surface area contributed by atoms with Crippen LogP contribution in [0.5, 0.6) is 5.75 Å². The minimum absolute atomic E-state index is 0.0916. The number of amides is 1. The number of carbonyl (C=O) groups excluding carboxylic acids is 1. The highest BCUT2D eigenvalue weighted by atomic mass is 16.7. The topological polar surface area (TPSA) is 78.9 Å². The summed E-state index contributed by atoms with van der Waals surface area (Å²) in [6.45, 7) is 3.12. The fourth-order valence-electron chi connectivity index (χ4n) is 4.06. The van der Waals surface area contributed by atoms with Gasteiger partial charge in [-0.1, -0.05) is 24.3 Å². The molecule has 0 aliphatic carbocycles. The zero-order valence-electron chi connectivity index (χ0n) is 14.9. The molecule has 2 aromatic carbocycles. The molecule has 6 nitrogen and oxygen atoms in total. The van der Waals surface area contributed by atoms with Crippen LogP contribution in [0.15, 0.2) is 48.5 Å². The van der Waals surface area contributed by atoms with Crippen LogP contribution in [0.25, 0.3) is 11.1 Å². The van der Waals surface area contributed by atoms with Crippen molar-refractivity contribution in [1.82, 2.24) is 4.90 Å². The van der Waals surface area contributed by atoms with Gasteiger partial charge in [0.25, 0.3) is 0 Å². The van der Waals surface area contributed by atoms with Gasteiger partial charge >= 0.3 is 6.16 Å². The largest absolute Gasteiger partial charge is 0.511 e. The van der Waals surface area contributed by atoms with Crippen LogP contribution in [0.3, 0.4) is 0 Å². The average Bonchev–Trinajstić information content (AvgIpc) is 2.69. The zero-order valence-corrected chi connectivity index (χ0v) is 14.9. The fourth-order valence-corrected chi connectivity index (χ4v) is 4.06. The first-order valence-electron chi connectivity index (χ1n) is 9.23. The van der Waals surface area contributed by atoms with Crippen LogP contribution in [-0.2, 0) is 4.79 Å². The number of ether oxygens (including phenoxy) is 1. The molecule has 5 rings (SSSR count). The maximum absolute atomic E-state index is 12.6. The van der Waals surface area contributed by atoms with Crippen LogP contribution in [0, 0.1) is 11.8 Å². The van der Waals surface area contributed by atoms with Gasteiger partial charge in [-0.3, -0.25) is 4.79 Å². The van der Waals surface area contributed by atoms with Crippen molar-refractivity contribution in [1.29, 1.82) is 0 Å². The second-order valence-corrected chi connectivity index (χ2v) is 7.20. The summed E-state index contributed by atoms with van der Waals surface area (Å²) in [5.41, 5.74) is 2.73. The molecule has 0 radical (unpaired) electrons. The lowest BCUT2D eigenvalue weighted by molar-refractivity contribution is -0.125. The molecule has 2 bridgehead atoms. The summed E-state index contributed by atoms with van der Waals surface area (Å²) in [5.74, 6) is 1.01. The monoisotopic (exact) mass is 366 g/mol. The van der Waals surface area contributed by atoms with E-state index < -0.39 is 6.16 Å². The van der Waals surface area contributed by atoms with Crippen LogP contribution in [0.4, 0.5) is 10.5 Å². The molecule has 0 spiro atoms. The SMILES string of the molecule is O=C(O)Oc1ccc(-c2ccc(NC(=O)[C@@H]3CN4CCC3CC4)cc2)cc1. The highest BCUT2D eigenvalue weighted by Crippen LogP contribution is 2.33. The van der Waals surface area contributed by atoms with Crippen molar-refractivity contribution in [2.24, 2.45) is 11.8 Å². The minimum atomic E-state index is -1.33. The number of benzene rings is 2. The number of anilines is 1. The van der Waals surface area contributed by atoms with Crippen molar-refractivity contribution in [3.63, 3.8) is 0 Å². The summed E-state index contributed by atoms with van der Waals surface area (Å²) >= 11 is 0. The standard InChI is InChI=1S/C21H22N2O4/c24-20(19-13-23-11-9-16(19)10-12-23)22-17-5-1-14(2-6-17)15-3-7-18(8-4-15)27-21(25)26/h1-8,16,19H,9-13H2,(H,22,24)(H,25,26)/t19-/m1/s1. The summed E-state index contributed by atoms with van der Waals surface area (Å²) in [7, 11) is 0. The molecule has 0 saturated carbocycles. The first-order valence-corrected chi connectivity index (χ1v) is 9.23. The Kier molecular flexibility index (Phi) is 4.81. The van der Waals surface area contributed by atoms with E-state index >= 15 is 0 Å². The lowest BCUT2D eigenvalue weighted by atomic mass is 9.78. The Bertz CT molecular complexity index is 824. The van der Waals surface area contributed by atoms with E-state index in [4.69, 9.17) is 5.11 Å². The van der Waals surface area contributed by atoms with E-state index in [1.165, 1.54) is 0 Å². The molecule has 2 aromatic rings. The number of nitrogens with zero attached hydrogens (tertiary/aromatic N) is 1. The number of rotatable bonds is 4. The summed E-state index contributed by atoms with van der Waals surface area (Å²) in [5, 5.41) is 11.7.